The van der Waals surface area contributed by atoms with Gasteiger partial charge in [0, 0.05) is 30.6 Å². The Hall–Kier alpha value is -1.81. The number of aromatic amines is 1. The van der Waals surface area contributed by atoms with E-state index in [1.807, 2.05) is 11.8 Å². The zero-order chi connectivity index (χ0) is 15.0. The van der Waals surface area contributed by atoms with Gasteiger partial charge in [-0.15, -0.1) is 0 Å². The topological polar surface area (TPSA) is 45.3 Å². The van der Waals surface area contributed by atoms with Crippen molar-refractivity contribution in [2.75, 3.05) is 26.3 Å². The van der Waals surface area contributed by atoms with Gasteiger partial charge in [0.25, 0.3) is 5.91 Å². The molecule has 3 rings (SSSR count). The van der Waals surface area contributed by atoms with E-state index in [1.165, 1.54) is 16.5 Å². The number of amides is 1. The molecule has 2 heterocycles. The fourth-order valence-electron chi connectivity index (χ4n) is 3.12. The number of benzene rings is 1. The van der Waals surface area contributed by atoms with Crippen LogP contribution in [0.1, 0.15) is 33.6 Å². The lowest BCUT2D eigenvalue weighted by Crippen LogP contribution is -2.33. The maximum atomic E-state index is 12.8. The zero-order valence-corrected chi connectivity index (χ0v) is 13.0. The Labute approximate surface area is 125 Å². The summed E-state index contributed by atoms with van der Waals surface area (Å²) in [5, 5.41) is 1.18. The third-order valence-corrected chi connectivity index (χ3v) is 4.35. The number of aromatic nitrogens is 1. The number of hydrogen-bond donors (Lipinski definition) is 1. The van der Waals surface area contributed by atoms with E-state index in [4.69, 9.17) is 4.74 Å². The molecule has 1 saturated heterocycles. The number of rotatable bonds is 1. The van der Waals surface area contributed by atoms with Gasteiger partial charge in [-0.1, -0.05) is 12.1 Å². The molecule has 4 nitrogen and oxygen atoms in total. The first-order chi connectivity index (χ1) is 10.1. The number of ether oxygens (including phenoxy) is 1. The maximum Gasteiger partial charge on any atom is 0.270 e. The minimum absolute atomic E-state index is 0.0907. The Morgan fingerprint density at radius 1 is 1.14 bits per heavy atom. The van der Waals surface area contributed by atoms with Gasteiger partial charge in [-0.25, -0.2) is 0 Å². The first kappa shape index (κ1) is 14.1. The van der Waals surface area contributed by atoms with Crippen molar-refractivity contribution in [1.29, 1.82) is 0 Å². The zero-order valence-electron chi connectivity index (χ0n) is 13.0. The highest BCUT2D eigenvalue weighted by molar-refractivity contribution is 6.02. The summed E-state index contributed by atoms with van der Waals surface area (Å²) in [6, 6.07) is 4.22. The van der Waals surface area contributed by atoms with Crippen LogP contribution < -0.4 is 0 Å². The summed E-state index contributed by atoms with van der Waals surface area (Å²) in [5.74, 6) is 0.0907. The lowest BCUT2D eigenvalue weighted by Gasteiger charge is -2.19. The molecule has 4 heteroatoms. The molecule has 1 aromatic heterocycles. The molecule has 0 aliphatic carbocycles. The highest BCUT2D eigenvalue weighted by atomic mass is 16.5. The van der Waals surface area contributed by atoms with Crippen LogP contribution in [-0.4, -0.2) is 42.1 Å². The van der Waals surface area contributed by atoms with Crippen LogP contribution in [0, 0.1) is 20.8 Å². The normalized spacial score (nSPS) is 16.2. The lowest BCUT2D eigenvalue weighted by atomic mass is 10.0. The van der Waals surface area contributed by atoms with E-state index in [0.29, 0.717) is 13.2 Å². The summed E-state index contributed by atoms with van der Waals surface area (Å²) in [6.45, 7) is 9.02. The molecule has 112 valence electrons. The average molecular weight is 286 g/mol. The molecule has 0 radical (unpaired) electrons. The number of fused-ring (bicyclic) bond motifs is 1. The van der Waals surface area contributed by atoms with E-state index < -0.39 is 0 Å². The smallest absolute Gasteiger partial charge is 0.270 e. The SMILES string of the molecule is Cc1ccc(C)c2c(C)c(C(=O)N3CCCOCC3)[nH]c12. The molecule has 0 spiro atoms. The van der Waals surface area contributed by atoms with Crippen molar-refractivity contribution in [2.24, 2.45) is 0 Å². The molecule has 1 aliphatic rings. The second-order valence-corrected chi connectivity index (χ2v) is 5.83. The van der Waals surface area contributed by atoms with E-state index in [2.05, 4.69) is 31.0 Å². The number of aryl methyl sites for hydroxylation is 3. The Balaban J connectivity index is 2.04. The third kappa shape index (κ3) is 2.44. The van der Waals surface area contributed by atoms with E-state index in [1.54, 1.807) is 0 Å². The van der Waals surface area contributed by atoms with Gasteiger partial charge < -0.3 is 14.6 Å². The Morgan fingerprint density at radius 2 is 1.90 bits per heavy atom. The summed E-state index contributed by atoms with van der Waals surface area (Å²) in [7, 11) is 0. The number of hydrogen-bond acceptors (Lipinski definition) is 2. The number of H-pyrrole nitrogens is 1. The molecular formula is C17H22N2O2. The van der Waals surface area contributed by atoms with Gasteiger partial charge in [0.1, 0.15) is 5.69 Å². The molecule has 0 atom stereocenters. The van der Waals surface area contributed by atoms with Crippen LogP contribution in [0.5, 0.6) is 0 Å². The largest absolute Gasteiger partial charge is 0.380 e. The van der Waals surface area contributed by atoms with Crippen molar-refractivity contribution in [3.05, 3.63) is 34.5 Å². The predicted molar refractivity (Wildman–Crippen MR) is 83.8 cm³/mol. The van der Waals surface area contributed by atoms with Crippen molar-refractivity contribution in [2.45, 2.75) is 27.2 Å². The number of nitrogens with one attached hydrogen (secondary N) is 1. The molecule has 1 N–H and O–H groups in total. The summed E-state index contributed by atoms with van der Waals surface area (Å²) >= 11 is 0. The second kappa shape index (κ2) is 5.53. The van der Waals surface area contributed by atoms with Crippen molar-refractivity contribution in [3.8, 4) is 0 Å². The summed E-state index contributed by atoms with van der Waals surface area (Å²) in [5.41, 5.74) is 5.26. The van der Waals surface area contributed by atoms with Crippen LogP contribution in [0.2, 0.25) is 0 Å². The van der Waals surface area contributed by atoms with Crippen LogP contribution in [0.15, 0.2) is 12.1 Å². The van der Waals surface area contributed by atoms with Crippen LogP contribution in [0.3, 0.4) is 0 Å². The standard InChI is InChI=1S/C17H22N2O2/c1-11-5-6-12(2)15-14(11)13(3)16(18-15)17(20)19-7-4-9-21-10-8-19/h5-6,18H,4,7-10H2,1-3H3. The molecule has 21 heavy (non-hydrogen) atoms. The average Bonchev–Trinajstić information content (AvgIpc) is 2.66. The fourth-order valence-corrected chi connectivity index (χ4v) is 3.12. The summed E-state index contributed by atoms with van der Waals surface area (Å²) in [6.07, 6.45) is 0.906. The molecule has 1 aliphatic heterocycles. The van der Waals surface area contributed by atoms with Crippen LogP contribution in [-0.2, 0) is 4.74 Å². The first-order valence-electron chi connectivity index (χ1n) is 7.55. The Morgan fingerprint density at radius 3 is 2.67 bits per heavy atom. The van der Waals surface area contributed by atoms with Gasteiger partial charge in [-0.3, -0.25) is 4.79 Å². The van der Waals surface area contributed by atoms with Crippen molar-refractivity contribution >= 4 is 16.8 Å². The third-order valence-electron chi connectivity index (χ3n) is 4.35. The highest BCUT2D eigenvalue weighted by Crippen LogP contribution is 2.28. The molecule has 0 saturated carbocycles. The van der Waals surface area contributed by atoms with Crippen molar-refractivity contribution in [3.63, 3.8) is 0 Å². The monoisotopic (exact) mass is 286 g/mol. The fraction of sp³-hybridized carbons (Fsp3) is 0.471. The molecule has 1 aromatic carbocycles. The van der Waals surface area contributed by atoms with Crippen LogP contribution >= 0.6 is 0 Å². The van der Waals surface area contributed by atoms with Gasteiger partial charge in [-0.2, -0.15) is 0 Å². The van der Waals surface area contributed by atoms with Gasteiger partial charge in [0.2, 0.25) is 0 Å². The van der Waals surface area contributed by atoms with Gasteiger partial charge in [0.05, 0.1) is 6.61 Å². The molecule has 0 unspecified atom stereocenters. The maximum absolute atomic E-state index is 12.8. The van der Waals surface area contributed by atoms with E-state index >= 15 is 0 Å². The quantitative estimate of drug-likeness (QED) is 0.876. The van der Waals surface area contributed by atoms with Crippen molar-refractivity contribution in [1.82, 2.24) is 9.88 Å². The first-order valence-corrected chi connectivity index (χ1v) is 7.55. The molecule has 0 bridgehead atoms. The predicted octanol–water partition coefficient (Wildman–Crippen LogP) is 2.96. The highest BCUT2D eigenvalue weighted by Gasteiger charge is 2.22. The van der Waals surface area contributed by atoms with Crippen molar-refractivity contribution < 1.29 is 9.53 Å². The number of carbonyl (C=O) groups is 1. The second-order valence-electron chi connectivity index (χ2n) is 5.83. The van der Waals surface area contributed by atoms with Gasteiger partial charge >= 0.3 is 0 Å². The Kier molecular flexibility index (Phi) is 3.72. The Bertz CT molecular complexity index is 680. The lowest BCUT2D eigenvalue weighted by molar-refractivity contribution is 0.0736. The number of carbonyl (C=O) groups excluding carboxylic acids is 1. The van der Waals surface area contributed by atoms with E-state index in [-0.39, 0.29) is 5.91 Å². The molecule has 2 aromatic rings. The summed E-state index contributed by atoms with van der Waals surface area (Å²) < 4.78 is 5.43. The minimum Gasteiger partial charge on any atom is -0.380 e. The molecule has 1 amide bonds. The minimum atomic E-state index is 0.0907. The molecular weight excluding hydrogens is 264 g/mol. The van der Waals surface area contributed by atoms with E-state index in [9.17, 15) is 4.79 Å². The van der Waals surface area contributed by atoms with Crippen LogP contribution in [0.4, 0.5) is 0 Å². The van der Waals surface area contributed by atoms with Gasteiger partial charge in [-0.05, 0) is 43.9 Å². The number of nitrogens with zero attached hydrogens (tertiary/aromatic N) is 1. The van der Waals surface area contributed by atoms with Gasteiger partial charge in [0.15, 0.2) is 0 Å². The van der Waals surface area contributed by atoms with Crippen LogP contribution in [0.25, 0.3) is 10.9 Å². The molecule has 1 fully saturated rings. The van der Waals surface area contributed by atoms with E-state index in [0.717, 1.165) is 36.3 Å². The summed E-state index contributed by atoms with van der Waals surface area (Å²) in [4.78, 5) is 18.1.